The Kier molecular flexibility index (Phi) is 10.4. The van der Waals surface area contributed by atoms with E-state index < -0.39 is 23.6 Å². The van der Waals surface area contributed by atoms with Crippen LogP contribution in [0.25, 0.3) is 0 Å². The number of benzene rings is 2. The average molecular weight is 559 g/mol. The maximum atomic E-state index is 12.3. The van der Waals surface area contributed by atoms with Gasteiger partial charge < -0.3 is 9.47 Å². The molecule has 0 unspecified atom stereocenters. The summed E-state index contributed by atoms with van der Waals surface area (Å²) in [6.45, 7) is 1.09. The molecule has 0 fully saturated rings. The second-order valence-electron chi connectivity index (χ2n) is 9.01. The summed E-state index contributed by atoms with van der Waals surface area (Å²) in [5.41, 5.74) is 0.712. The lowest BCUT2D eigenvalue weighted by Crippen LogP contribution is -2.25. The highest BCUT2D eigenvalue weighted by molar-refractivity contribution is 5.83. The molecule has 2 aromatic heterocycles. The smallest absolute Gasteiger partial charge is 0.413 e. The lowest BCUT2D eigenvalue weighted by molar-refractivity contribution is 0.154. The molecule has 0 atom stereocenters. The Morgan fingerprint density at radius 3 is 1.41 bits per heavy atom. The molecule has 2 heterocycles. The van der Waals surface area contributed by atoms with Gasteiger partial charge in [-0.05, 0) is 42.5 Å². The van der Waals surface area contributed by atoms with Crippen LogP contribution in [0, 0.1) is 0 Å². The molecule has 0 spiro atoms. The van der Waals surface area contributed by atoms with Gasteiger partial charge in [-0.1, -0.05) is 60.7 Å². The van der Waals surface area contributed by atoms with Crippen molar-refractivity contribution in [2.75, 3.05) is 10.6 Å². The van der Waals surface area contributed by atoms with Gasteiger partial charge in [0.1, 0.15) is 24.8 Å². The first-order valence-electron chi connectivity index (χ1n) is 13.1. The molecule has 12 heteroatoms. The molecule has 0 aliphatic carbocycles. The van der Waals surface area contributed by atoms with Gasteiger partial charge in [0.2, 0.25) is 0 Å². The van der Waals surface area contributed by atoms with Gasteiger partial charge in [-0.2, -0.15) is 9.97 Å². The van der Waals surface area contributed by atoms with E-state index >= 15 is 0 Å². The normalized spacial score (nSPS) is 10.5. The molecule has 4 rings (SSSR count). The van der Waals surface area contributed by atoms with Crippen molar-refractivity contribution in [3.63, 3.8) is 0 Å². The number of unbranched alkanes of at least 4 members (excludes halogenated alkanes) is 2. The van der Waals surface area contributed by atoms with E-state index in [-0.39, 0.29) is 24.8 Å². The number of amides is 2. The van der Waals surface area contributed by atoms with Crippen LogP contribution in [-0.4, -0.2) is 31.3 Å². The highest BCUT2D eigenvalue weighted by Crippen LogP contribution is 2.06. The number of carbonyl (C=O) groups is 2. The predicted octanol–water partition coefficient (Wildman–Crippen LogP) is 4.17. The summed E-state index contributed by atoms with van der Waals surface area (Å²) in [6.07, 6.45) is 3.84. The van der Waals surface area contributed by atoms with Gasteiger partial charge in [0.25, 0.3) is 0 Å². The number of ether oxygens (including phenoxy) is 2. The third-order valence-electron chi connectivity index (χ3n) is 5.93. The Hall–Kier alpha value is -5.26. The van der Waals surface area contributed by atoms with E-state index in [4.69, 9.17) is 9.47 Å². The van der Waals surface area contributed by atoms with Crippen LogP contribution in [0.3, 0.4) is 0 Å². The number of anilines is 2. The number of rotatable bonds is 12. The van der Waals surface area contributed by atoms with E-state index in [0.29, 0.717) is 25.9 Å². The summed E-state index contributed by atoms with van der Waals surface area (Å²) < 4.78 is 13.2. The Morgan fingerprint density at radius 2 is 1.02 bits per heavy atom. The van der Waals surface area contributed by atoms with Crippen molar-refractivity contribution in [2.24, 2.45) is 0 Å². The second kappa shape index (κ2) is 14.8. The third kappa shape index (κ3) is 9.46. The van der Waals surface area contributed by atoms with E-state index in [1.165, 1.54) is 21.3 Å². The molecule has 0 saturated carbocycles. The lowest BCUT2D eigenvalue weighted by Gasteiger charge is -2.09. The van der Waals surface area contributed by atoms with E-state index in [0.717, 1.165) is 17.5 Å². The molecule has 2 N–H and O–H groups in total. The van der Waals surface area contributed by atoms with Gasteiger partial charge in [0.15, 0.2) is 0 Å². The number of aromatic nitrogens is 4. The summed E-state index contributed by atoms with van der Waals surface area (Å²) in [6, 6.07) is 21.5. The van der Waals surface area contributed by atoms with Crippen molar-refractivity contribution in [3.8, 4) is 0 Å². The molecular formula is C29H30N6O6. The standard InChI is InChI=1S/C29H30N6O6/c36-26-30-24(32-28(38)40-20-22-10-4-1-5-11-22)14-18-34(26)16-8-3-9-17-35-19-15-25(31-27(35)37)33-29(39)41-21-23-12-6-2-7-13-23/h1-2,4-7,10-15,18-19H,3,8-9,16-17,20-21H2,(H,30,32,36,38)(H,31,33,37,39). The van der Waals surface area contributed by atoms with Crippen LogP contribution < -0.4 is 22.0 Å². The summed E-state index contributed by atoms with van der Waals surface area (Å²) >= 11 is 0. The lowest BCUT2D eigenvalue weighted by atomic mass is 10.2. The van der Waals surface area contributed by atoms with E-state index in [1.807, 2.05) is 60.7 Å². The van der Waals surface area contributed by atoms with Gasteiger partial charge in [-0.3, -0.25) is 19.8 Å². The van der Waals surface area contributed by atoms with Crippen LogP contribution in [0.2, 0.25) is 0 Å². The average Bonchev–Trinajstić information content (AvgIpc) is 2.98. The van der Waals surface area contributed by atoms with Gasteiger partial charge in [-0.15, -0.1) is 0 Å². The molecule has 0 saturated heterocycles. The molecular weight excluding hydrogens is 528 g/mol. The molecule has 2 aromatic carbocycles. The molecule has 0 aliphatic heterocycles. The largest absolute Gasteiger partial charge is 0.444 e. The zero-order valence-corrected chi connectivity index (χ0v) is 22.3. The minimum Gasteiger partial charge on any atom is -0.444 e. The Balaban J connectivity index is 1.15. The zero-order chi connectivity index (χ0) is 28.9. The van der Waals surface area contributed by atoms with Crippen LogP contribution in [0.1, 0.15) is 30.4 Å². The molecule has 12 nitrogen and oxygen atoms in total. The van der Waals surface area contributed by atoms with Gasteiger partial charge in [0.05, 0.1) is 0 Å². The first-order chi connectivity index (χ1) is 20.0. The van der Waals surface area contributed by atoms with Gasteiger partial charge >= 0.3 is 23.6 Å². The van der Waals surface area contributed by atoms with Gasteiger partial charge in [-0.25, -0.2) is 19.2 Å². The monoisotopic (exact) mass is 558 g/mol. The van der Waals surface area contributed by atoms with Crippen LogP contribution in [0.4, 0.5) is 21.2 Å². The Morgan fingerprint density at radius 1 is 0.610 bits per heavy atom. The molecule has 4 aromatic rings. The van der Waals surface area contributed by atoms with E-state index in [9.17, 15) is 19.2 Å². The summed E-state index contributed by atoms with van der Waals surface area (Å²) in [7, 11) is 0. The first-order valence-corrected chi connectivity index (χ1v) is 13.1. The maximum Gasteiger partial charge on any atom is 0.413 e. The number of aryl methyl sites for hydroxylation is 2. The Labute approximate surface area is 235 Å². The molecule has 0 aliphatic rings. The fraction of sp³-hybridized carbons (Fsp3) is 0.241. The SMILES string of the molecule is O=C(Nc1ccn(CCCCCn2ccc(NC(=O)OCc3ccccc3)nc2=O)c(=O)n1)OCc1ccccc1. The van der Waals surface area contributed by atoms with Gasteiger partial charge in [0, 0.05) is 25.5 Å². The summed E-state index contributed by atoms with van der Waals surface area (Å²) in [5.74, 6) is 0.220. The highest BCUT2D eigenvalue weighted by atomic mass is 16.6. The number of nitrogens with zero attached hydrogens (tertiary/aromatic N) is 4. The maximum absolute atomic E-state index is 12.3. The van der Waals surface area contributed by atoms with Crippen molar-refractivity contribution in [1.82, 2.24) is 19.1 Å². The molecule has 212 valence electrons. The first kappa shape index (κ1) is 28.7. The number of hydrogen-bond donors (Lipinski definition) is 2. The van der Waals surface area contributed by atoms with Crippen molar-refractivity contribution in [3.05, 3.63) is 117 Å². The highest BCUT2D eigenvalue weighted by Gasteiger charge is 2.08. The zero-order valence-electron chi connectivity index (χ0n) is 22.3. The molecule has 41 heavy (non-hydrogen) atoms. The van der Waals surface area contributed by atoms with Crippen LogP contribution >= 0.6 is 0 Å². The van der Waals surface area contributed by atoms with Crippen LogP contribution in [-0.2, 0) is 35.8 Å². The van der Waals surface area contributed by atoms with Crippen molar-refractivity contribution < 1.29 is 19.1 Å². The third-order valence-corrected chi connectivity index (χ3v) is 5.93. The van der Waals surface area contributed by atoms with Crippen LogP contribution in [0.15, 0.2) is 94.8 Å². The predicted molar refractivity (Wildman–Crippen MR) is 151 cm³/mol. The van der Waals surface area contributed by atoms with Crippen LogP contribution in [0.5, 0.6) is 0 Å². The quantitative estimate of drug-likeness (QED) is 0.246. The van der Waals surface area contributed by atoms with E-state index in [2.05, 4.69) is 20.6 Å². The van der Waals surface area contributed by atoms with Crippen molar-refractivity contribution in [1.29, 1.82) is 0 Å². The fourth-order valence-electron chi connectivity index (χ4n) is 3.81. The minimum atomic E-state index is -0.699. The molecule has 0 bridgehead atoms. The summed E-state index contributed by atoms with van der Waals surface area (Å²) in [4.78, 5) is 56.4. The number of carbonyl (C=O) groups excluding carboxylic acids is 2. The van der Waals surface area contributed by atoms with Crippen molar-refractivity contribution >= 4 is 23.8 Å². The Bertz CT molecular complexity index is 1440. The van der Waals surface area contributed by atoms with Crippen molar-refractivity contribution in [2.45, 2.75) is 45.6 Å². The second-order valence-corrected chi connectivity index (χ2v) is 9.01. The fourth-order valence-corrected chi connectivity index (χ4v) is 3.81. The minimum absolute atomic E-state index is 0.108. The van der Waals surface area contributed by atoms with E-state index in [1.54, 1.807) is 12.4 Å². The molecule has 2 amide bonds. The number of nitrogens with one attached hydrogen (secondary N) is 2. The molecule has 0 radical (unpaired) electrons. The number of hydrogen-bond acceptors (Lipinski definition) is 8. The topological polar surface area (TPSA) is 146 Å². The summed E-state index contributed by atoms with van der Waals surface area (Å²) in [5, 5.41) is 4.91.